The lowest BCUT2D eigenvalue weighted by Crippen LogP contribution is -2.06. The summed E-state index contributed by atoms with van der Waals surface area (Å²) in [4.78, 5) is 11.1. The van der Waals surface area contributed by atoms with Crippen LogP contribution in [-0.2, 0) is 13.5 Å². The number of ether oxygens (including phenoxy) is 1. The molecule has 0 aliphatic carbocycles. The van der Waals surface area contributed by atoms with Crippen molar-refractivity contribution in [3.05, 3.63) is 47.3 Å². The van der Waals surface area contributed by atoms with E-state index in [1.807, 2.05) is 26.2 Å². The van der Waals surface area contributed by atoms with Gasteiger partial charge in [-0.15, -0.1) is 0 Å². The summed E-state index contributed by atoms with van der Waals surface area (Å²) in [5, 5.41) is 13.2. The van der Waals surface area contributed by atoms with Gasteiger partial charge >= 0.3 is 5.97 Å². The number of carboxylic acids is 1. The highest BCUT2D eigenvalue weighted by molar-refractivity contribution is 5.91. The van der Waals surface area contributed by atoms with Gasteiger partial charge in [-0.05, 0) is 24.6 Å². The normalized spacial score (nSPS) is 10.4. The molecule has 0 atom stereocenters. The molecule has 1 aromatic carbocycles. The van der Waals surface area contributed by atoms with Gasteiger partial charge in [0.2, 0.25) is 0 Å². The molecule has 0 aliphatic rings. The van der Waals surface area contributed by atoms with Crippen molar-refractivity contribution in [2.75, 3.05) is 6.61 Å². The van der Waals surface area contributed by atoms with Crippen LogP contribution in [-0.4, -0.2) is 27.5 Å². The van der Waals surface area contributed by atoms with Crippen molar-refractivity contribution in [2.24, 2.45) is 7.05 Å². The van der Waals surface area contributed by atoms with Crippen molar-refractivity contribution in [1.82, 2.24) is 9.78 Å². The Morgan fingerprint density at radius 1 is 1.47 bits per heavy atom. The van der Waals surface area contributed by atoms with Crippen LogP contribution in [0, 0.1) is 6.92 Å². The van der Waals surface area contributed by atoms with E-state index < -0.39 is 5.97 Å². The number of aromatic carboxylic acids is 1. The molecule has 0 fully saturated rings. The highest BCUT2D eigenvalue weighted by atomic mass is 16.5. The summed E-state index contributed by atoms with van der Waals surface area (Å²) in [6, 6.07) is 5.15. The van der Waals surface area contributed by atoms with E-state index >= 15 is 0 Å². The minimum atomic E-state index is -0.972. The highest BCUT2D eigenvalue weighted by Gasteiger charge is 2.11. The molecule has 0 unspecified atom stereocenters. The van der Waals surface area contributed by atoms with Gasteiger partial charge in [-0.1, -0.05) is 11.6 Å². The molecule has 5 nitrogen and oxygen atoms in total. The van der Waals surface area contributed by atoms with Crippen molar-refractivity contribution in [3.8, 4) is 5.75 Å². The van der Waals surface area contributed by atoms with Crippen LogP contribution in [0.25, 0.3) is 0 Å². The number of hydrogen-bond acceptors (Lipinski definition) is 3. The van der Waals surface area contributed by atoms with Gasteiger partial charge in [-0.25, -0.2) is 4.79 Å². The van der Waals surface area contributed by atoms with Crippen LogP contribution in [0.4, 0.5) is 0 Å². The molecule has 1 aromatic heterocycles. The standard InChI is InChI=1S/C14H16N2O3/c1-10-3-4-13(12(7-10)14(17)18)19-6-5-11-8-15-16(2)9-11/h3-4,7-9H,5-6H2,1-2H3,(H,17,18). The van der Waals surface area contributed by atoms with Crippen LogP contribution in [0.2, 0.25) is 0 Å². The largest absolute Gasteiger partial charge is 0.492 e. The molecule has 2 rings (SSSR count). The number of rotatable bonds is 5. The smallest absolute Gasteiger partial charge is 0.339 e. The second-order valence-electron chi connectivity index (χ2n) is 4.43. The van der Waals surface area contributed by atoms with Gasteiger partial charge in [0, 0.05) is 19.7 Å². The van der Waals surface area contributed by atoms with Gasteiger partial charge in [-0.3, -0.25) is 4.68 Å². The SMILES string of the molecule is Cc1ccc(OCCc2cnn(C)c2)c(C(=O)O)c1. The minimum absolute atomic E-state index is 0.200. The molecule has 0 spiro atoms. The van der Waals surface area contributed by atoms with E-state index in [-0.39, 0.29) is 5.56 Å². The number of hydrogen-bond donors (Lipinski definition) is 1. The first kappa shape index (κ1) is 13.1. The van der Waals surface area contributed by atoms with Crippen molar-refractivity contribution >= 4 is 5.97 Å². The van der Waals surface area contributed by atoms with Gasteiger partial charge in [-0.2, -0.15) is 5.10 Å². The van der Waals surface area contributed by atoms with E-state index in [9.17, 15) is 4.79 Å². The predicted octanol–water partition coefficient (Wildman–Crippen LogP) is 2.05. The number of nitrogens with zero attached hydrogens (tertiary/aromatic N) is 2. The third-order valence-electron chi connectivity index (χ3n) is 2.77. The van der Waals surface area contributed by atoms with E-state index in [1.165, 1.54) is 0 Å². The number of aromatic nitrogens is 2. The molecule has 1 N–H and O–H groups in total. The fraction of sp³-hybridized carbons (Fsp3) is 0.286. The van der Waals surface area contributed by atoms with Gasteiger partial charge < -0.3 is 9.84 Å². The third-order valence-corrected chi connectivity index (χ3v) is 2.77. The summed E-state index contributed by atoms with van der Waals surface area (Å²) in [7, 11) is 1.85. The first-order chi connectivity index (χ1) is 9.06. The van der Waals surface area contributed by atoms with Gasteiger partial charge in [0.05, 0.1) is 12.8 Å². The monoisotopic (exact) mass is 260 g/mol. The van der Waals surface area contributed by atoms with Gasteiger partial charge in [0.1, 0.15) is 11.3 Å². The first-order valence-corrected chi connectivity index (χ1v) is 6.00. The minimum Gasteiger partial charge on any atom is -0.492 e. The molecule has 100 valence electrons. The van der Waals surface area contributed by atoms with Crippen LogP contribution in [0.15, 0.2) is 30.6 Å². The van der Waals surface area contributed by atoms with Crippen LogP contribution >= 0.6 is 0 Å². The molecule has 0 bridgehead atoms. The lowest BCUT2D eigenvalue weighted by Gasteiger charge is -2.09. The molecule has 1 heterocycles. The number of carbonyl (C=O) groups is 1. The molecular weight excluding hydrogens is 244 g/mol. The molecular formula is C14H16N2O3. The van der Waals surface area contributed by atoms with E-state index in [0.717, 1.165) is 11.1 Å². The van der Waals surface area contributed by atoms with Crippen molar-refractivity contribution in [2.45, 2.75) is 13.3 Å². The molecule has 0 radical (unpaired) electrons. The fourth-order valence-electron chi connectivity index (χ4n) is 1.82. The zero-order valence-electron chi connectivity index (χ0n) is 11.0. The number of aryl methyl sites for hydroxylation is 2. The van der Waals surface area contributed by atoms with Crippen LogP contribution in [0.5, 0.6) is 5.75 Å². The predicted molar refractivity (Wildman–Crippen MR) is 70.5 cm³/mol. The summed E-state index contributed by atoms with van der Waals surface area (Å²) in [5.41, 5.74) is 2.16. The lowest BCUT2D eigenvalue weighted by molar-refractivity contribution is 0.0692. The quantitative estimate of drug-likeness (QED) is 0.893. The maximum Gasteiger partial charge on any atom is 0.339 e. The Hall–Kier alpha value is -2.30. The van der Waals surface area contributed by atoms with Crippen LogP contribution < -0.4 is 4.74 Å². The Morgan fingerprint density at radius 3 is 2.89 bits per heavy atom. The second-order valence-corrected chi connectivity index (χ2v) is 4.43. The maximum absolute atomic E-state index is 11.1. The summed E-state index contributed by atoms with van der Waals surface area (Å²) in [6.45, 7) is 2.28. The number of benzene rings is 1. The Balaban J connectivity index is 2.01. The van der Waals surface area contributed by atoms with E-state index in [2.05, 4.69) is 5.10 Å². The van der Waals surface area contributed by atoms with Crippen LogP contribution in [0.3, 0.4) is 0 Å². The average Bonchev–Trinajstić information content (AvgIpc) is 2.77. The van der Waals surface area contributed by atoms with Crippen molar-refractivity contribution < 1.29 is 14.6 Å². The first-order valence-electron chi connectivity index (χ1n) is 6.00. The lowest BCUT2D eigenvalue weighted by atomic mass is 10.1. The van der Waals surface area contributed by atoms with E-state index in [4.69, 9.17) is 9.84 Å². The Kier molecular flexibility index (Phi) is 3.85. The van der Waals surface area contributed by atoms with Crippen LogP contribution in [0.1, 0.15) is 21.5 Å². The highest BCUT2D eigenvalue weighted by Crippen LogP contribution is 2.20. The molecule has 19 heavy (non-hydrogen) atoms. The Morgan fingerprint density at radius 2 is 2.26 bits per heavy atom. The molecule has 0 saturated heterocycles. The van der Waals surface area contributed by atoms with E-state index in [1.54, 1.807) is 23.0 Å². The molecule has 0 saturated carbocycles. The Bertz CT molecular complexity index is 590. The topological polar surface area (TPSA) is 64.4 Å². The third kappa shape index (κ3) is 3.34. The molecule has 0 aliphatic heterocycles. The molecule has 0 amide bonds. The number of carboxylic acid groups (broad SMARTS) is 1. The molecule has 5 heteroatoms. The summed E-state index contributed by atoms with van der Waals surface area (Å²) < 4.78 is 7.27. The summed E-state index contributed by atoms with van der Waals surface area (Å²) in [5.74, 6) is -0.568. The van der Waals surface area contributed by atoms with Gasteiger partial charge in [0.15, 0.2) is 0 Å². The van der Waals surface area contributed by atoms with Crippen molar-refractivity contribution in [1.29, 1.82) is 0 Å². The maximum atomic E-state index is 11.1. The fourth-order valence-corrected chi connectivity index (χ4v) is 1.82. The zero-order valence-corrected chi connectivity index (χ0v) is 11.0. The Labute approximate surface area is 111 Å². The zero-order chi connectivity index (χ0) is 13.8. The van der Waals surface area contributed by atoms with Crippen molar-refractivity contribution in [3.63, 3.8) is 0 Å². The second kappa shape index (κ2) is 5.56. The summed E-state index contributed by atoms with van der Waals surface area (Å²) >= 11 is 0. The average molecular weight is 260 g/mol. The summed E-state index contributed by atoms with van der Waals surface area (Å²) in [6.07, 6.45) is 4.38. The molecule has 2 aromatic rings. The van der Waals surface area contributed by atoms with Gasteiger partial charge in [0.25, 0.3) is 0 Å². The van der Waals surface area contributed by atoms with E-state index in [0.29, 0.717) is 18.8 Å².